The zero-order valence-corrected chi connectivity index (χ0v) is 14.3. The van der Waals surface area contributed by atoms with Gasteiger partial charge in [-0.05, 0) is 23.6 Å². The van der Waals surface area contributed by atoms with Crippen LogP contribution < -0.4 is 0 Å². The van der Waals surface area contributed by atoms with Crippen LogP contribution in [0.5, 0.6) is 0 Å². The molecule has 0 spiro atoms. The van der Waals surface area contributed by atoms with Gasteiger partial charge < -0.3 is 4.57 Å². The first-order chi connectivity index (χ1) is 11.6. The van der Waals surface area contributed by atoms with E-state index in [9.17, 15) is 15.4 Å². The van der Waals surface area contributed by atoms with Crippen molar-refractivity contribution in [2.24, 2.45) is 0 Å². The van der Waals surface area contributed by atoms with Crippen molar-refractivity contribution in [3.63, 3.8) is 0 Å². The summed E-state index contributed by atoms with van der Waals surface area (Å²) in [4.78, 5) is 10.6. The van der Waals surface area contributed by atoms with Crippen molar-refractivity contribution < 1.29 is 4.92 Å². The number of nitro groups is 1. The molecule has 0 amide bonds. The minimum absolute atomic E-state index is 0.0811. The highest BCUT2D eigenvalue weighted by Crippen LogP contribution is 2.37. The van der Waals surface area contributed by atoms with Gasteiger partial charge >= 0.3 is 0 Å². The van der Waals surface area contributed by atoms with E-state index in [0.717, 1.165) is 20.9 Å². The third kappa shape index (κ3) is 2.68. The highest BCUT2D eigenvalue weighted by Gasteiger charge is 2.38. The van der Waals surface area contributed by atoms with Crippen LogP contribution in [-0.2, 0) is 5.54 Å². The summed E-state index contributed by atoms with van der Waals surface area (Å²) < 4.78 is 2.60. The van der Waals surface area contributed by atoms with Crippen molar-refractivity contribution in [1.82, 2.24) is 4.57 Å². The van der Waals surface area contributed by atoms with Crippen molar-refractivity contribution >= 4 is 26.8 Å². The van der Waals surface area contributed by atoms with Gasteiger partial charge in [0, 0.05) is 26.7 Å². The van der Waals surface area contributed by atoms with Crippen LogP contribution in [0.25, 0.3) is 10.9 Å². The molecule has 3 rings (SSSR count). The number of para-hydroxylation sites is 1. The molecule has 0 radical (unpaired) electrons. The maximum atomic E-state index is 11.0. The van der Waals surface area contributed by atoms with Gasteiger partial charge in [-0.2, -0.15) is 5.26 Å². The Labute approximate surface area is 147 Å². The smallest absolute Gasteiger partial charge is 0.207 e. The molecule has 1 heterocycles. The molecule has 24 heavy (non-hydrogen) atoms. The van der Waals surface area contributed by atoms with Gasteiger partial charge in [-0.1, -0.05) is 52.3 Å². The maximum absolute atomic E-state index is 11.0. The van der Waals surface area contributed by atoms with Gasteiger partial charge in [0.15, 0.2) is 5.54 Å². The summed E-state index contributed by atoms with van der Waals surface area (Å²) in [6.07, 6.45) is 1.91. The van der Waals surface area contributed by atoms with Crippen LogP contribution >= 0.6 is 15.9 Å². The first kappa shape index (κ1) is 16.2. The summed E-state index contributed by atoms with van der Waals surface area (Å²) in [5.41, 5.74) is 0.435. The zero-order chi connectivity index (χ0) is 17.2. The van der Waals surface area contributed by atoms with Gasteiger partial charge in [0.25, 0.3) is 0 Å². The molecule has 0 aliphatic rings. The van der Waals surface area contributed by atoms with Crippen molar-refractivity contribution in [1.29, 1.82) is 5.26 Å². The fourth-order valence-corrected chi connectivity index (χ4v) is 3.63. The van der Waals surface area contributed by atoms with Crippen LogP contribution in [0.4, 0.5) is 0 Å². The Balaban J connectivity index is 2.27. The number of benzene rings is 2. The van der Waals surface area contributed by atoms with Crippen molar-refractivity contribution in [2.75, 3.05) is 6.54 Å². The number of halogens is 1. The second-order valence-electron chi connectivity index (χ2n) is 5.50. The number of hydrogen-bond donors (Lipinski definition) is 0. The average Bonchev–Trinajstić information content (AvgIpc) is 3.02. The van der Waals surface area contributed by atoms with E-state index in [-0.39, 0.29) is 17.9 Å². The summed E-state index contributed by atoms with van der Waals surface area (Å²) in [5.74, 6) is 0. The zero-order valence-electron chi connectivity index (χ0n) is 12.7. The number of hydrogen-bond acceptors (Lipinski definition) is 3. The van der Waals surface area contributed by atoms with Gasteiger partial charge in [-0.3, -0.25) is 10.1 Å². The predicted octanol–water partition coefficient (Wildman–Crippen LogP) is 4.34. The number of nitriles is 1. The van der Waals surface area contributed by atoms with Crippen LogP contribution in [0.2, 0.25) is 0 Å². The molecule has 0 bridgehead atoms. The molecular formula is C18H14BrN3O2. The summed E-state index contributed by atoms with van der Waals surface area (Å²) in [5, 5.41) is 22.1. The lowest BCUT2D eigenvalue weighted by Crippen LogP contribution is -2.35. The second kappa shape index (κ2) is 6.46. The molecule has 0 aliphatic carbocycles. The molecule has 1 aromatic heterocycles. The highest BCUT2D eigenvalue weighted by atomic mass is 79.9. The largest absolute Gasteiger partial charge is 0.324 e. The molecule has 5 nitrogen and oxygen atoms in total. The minimum atomic E-state index is -1.16. The van der Waals surface area contributed by atoms with E-state index in [1.54, 1.807) is 0 Å². The van der Waals surface area contributed by atoms with Crippen molar-refractivity contribution in [3.8, 4) is 6.07 Å². The van der Waals surface area contributed by atoms with Gasteiger partial charge in [0.2, 0.25) is 6.54 Å². The molecule has 0 saturated carbocycles. The lowest BCUT2D eigenvalue weighted by atomic mass is 9.87. The van der Waals surface area contributed by atoms with Crippen molar-refractivity contribution in [3.05, 3.63) is 80.9 Å². The molecule has 2 aromatic carbocycles. The first-order valence-corrected chi connectivity index (χ1v) is 8.22. The Hall–Kier alpha value is -2.65. The van der Waals surface area contributed by atoms with Crippen LogP contribution in [0.1, 0.15) is 12.0 Å². The standard InChI is InChI=1S/C18H14BrN3O2/c19-16-7-3-2-6-15(16)18(13-20,10-12-22(23)24)21-11-9-14-5-1-4-8-17(14)21/h1-9,11H,10,12H2. The molecular weight excluding hydrogens is 370 g/mol. The third-order valence-electron chi connectivity index (χ3n) is 4.17. The fourth-order valence-electron chi connectivity index (χ4n) is 3.02. The predicted molar refractivity (Wildman–Crippen MR) is 95.2 cm³/mol. The second-order valence-corrected chi connectivity index (χ2v) is 6.36. The molecule has 120 valence electrons. The normalized spacial score (nSPS) is 13.3. The molecule has 0 aliphatic heterocycles. The minimum Gasteiger partial charge on any atom is -0.324 e. The maximum Gasteiger partial charge on any atom is 0.207 e. The molecule has 1 atom stereocenters. The number of fused-ring (bicyclic) bond motifs is 1. The summed E-state index contributed by atoms with van der Waals surface area (Å²) in [6.45, 7) is -0.290. The lowest BCUT2D eigenvalue weighted by Gasteiger charge is -2.29. The summed E-state index contributed by atoms with van der Waals surface area (Å²) in [6, 6.07) is 19.4. The monoisotopic (exact) mass is 383 g/mol. The Bertz CT molecular complexity index is 945. The molecule has 6 heteroatoms. The van der Waals surface area contributed by atoms with Crippen LogP contribution in [0.3, 0.4) is 0 Å². The van der Waals surface area contributed by atoms with Gasteiger partial charge in [-0.25, -0.2) is 0 Å². The summed E-state index contributed by atoms with van der Waals surface area (Å²) >= 11 is 3.50. The average molecular weight is 384 g/mol. The van der Waals surface area contributed by atoms with E-state index in [1.165, 1.54) is 0 Å². The third-order valence-corrected chi connectivity index (χ3v) is 4.86. The van der Waals surface area contributed by atoms with Crippen LogP contribution in [-0.4, -0.2) is 16.0 Å². The van der Waals surface area contributed by atoms with E-state index >= 15 is 0 Å². The van der Waals surface area contributed by atoms with E-state index in [4.69, 9.17) is 0 Å². The van der Waals surface area contributed by atoms with E-state index in [2.05, 4.69) is 22.0 Å². The van der Waals surface area contributed by atoms with E-state index < -0.39 is 5.54 Å². The molecule has 0 fully saturated rings. The number of rotatable bonds is 5. The Morgan fingerprint density at radius 3 is 2.58 bits per heavy atom. The van der Waals surface area contributed by atoms with Gasteiger partial charge in [-0.15, -0.1) is 0 Å². The van der Waals surface area contributed by atoms with Gasteiger partial charge in [0.1, 0.15) is 0 Å². The first-order valence-electron chi connectivity index (χ1n) is 7.43. The summed E-state index contributed by atoms with van der Waals surface area (Å²) in [7, 11) is 0. The van der Waals surface area contributed by atoms with E-state index in [1.807, 2.05) is 65.4 Å². The SMILES string of the molecule is N#CC(CC[N+](=O)[O-])(c1ccccc1Br)n1ccc2ccccc21. The van der Waals surface area contributed by atoms with Crippen LogP contribution in [0, 0.1) is 21.4 Å². The topological polar surface area (TPSA) is 71.9 Å². The number of aromatic nitrogens is 1. The van der Waals surface area contributed by atoms with Crippen molar-refractivity contribution in [2.45, 2.75) is 12.0 Å². The van der Waals surface area contributed by atoms with E-state index in [0.29, 0.717) is 0 Å². The van der Waals surface area contributed by atoms with Gasteiger partial charge in [0.05, 0.1) is 12.5 Å². The Morgan fingerprint density at radius 1 is 1.17 bits per heavy atom. The number of nitrogens with zero attached hydrogens (tertiary/aromatic N) is 3. The molecule has 0 N–H and O–H groups in total. The quantitative estimate of drug-likeness (QED) is 0.485. The fraction of sp³-hybridized carbons (Fsp3) is 0.167. The van der Waals surface area contributed by atoms with Crippen LogP contribution in [0.15, 0.2) is 65.3 Å². The Kier molecular flexibility index (Phi) is 4.36. The lowest BCUT2D eigenvalue weighted by molar-refractivity contribution is -0.481. The molecule has 3 aromatic rings. The molecule has 1 unspecified atom stereocenters. The Morgan fingerprint density at radius 2 is 1.88 bits per heavy atom. The highest BCUT2D eigenvalue weighted by molar-refractivity contribution is 9.10. The molecule has 0 saturated heterocycles.